The lowest BCUT2D eigenvalue weighted by Crippen LogP contribution is -2.28. The monoisotopic (exact) mass is 247 g/mol. The molecule has 0 aromatic heterocycles. The van der Waals surface area contributed by atoms with Crippen LogP contribution in [0.15, 0.2) is 12.1 Å². The van der Waals surface area contributed by atoms with E-state index in [1.807, 2.05) is 0 Å². The number of carbonyl (C=O) groups is 1. The van der Waals surface area contributed by atoms with Crippen LogP contribution >= 0.6 is 24.2 Å². The minimum atomic E-state index is -0.504. The lowest BCUT2D eigenvalue weighted by Gasteiger charge is -2.10. The Morgan fingerprint density at radius 3 is 2.67 bits per heavy atom. The number of aromatic hydroxyl groups is 2. The van der Waals surface area contributed by atoms with Gasteiger partial charge in [0.1, 0.15) is 0 Å². The standard InChI is InChI=1S/C9H10ClNO3S/c1-4(15)11-9(14)5-2-3-6(12)8(13)7(5)10/h2-4,12-13,15H,1H3,(H,11,14). The quantitative estimate of drug-likeness (QED) is 0.366. The molecule has 1 rings (SSSR count). The molecule has 0 saturated carbocycles. The highest BCUT2D eigenvalue weighted by atomic mass is 35.5. The van der Waals surface area contributed by atoms with Gasteiger partial charge in [-0.05, 0) is 19.1 Å². The number of nitrogens with one attached hydrogen (secondary N) is 1. The second kappa shape index (κ2) is 4.63. The molecule has 1 amide bonds. The van der Waals surface area contributed by atoms with Gasteiger partial charge in [-0.3, -0.25) is 4.79 Å². The molecular weight excluding hydrogens is 238 g/mol. The number of hydrogen-bond donors (Lipinski definition) is 4. The van der Waals surface area contributed by atoms with Crippen molar-refractivity contribution >= 4 is 30.1 Å². The molecule has 4 nitrogen and oxygen atoms in total. The van der Waals surface area contributed by atoms with E-state index in [0.29, 0.717) is 0 Å². The predicted molar refractivity (Wildman–Crippen MR) is 60.7 cm³/mol. The van der Waals surface area contributed by atoms with Gasteiger partial charge in [-0.15, -0.1) is 0 Å². The molecule has 15 heavy (non-hydrogen) atoms. The van der Waals surface area contributed by atoms with Gasteiger partial charge in [-0.1, -0.05) is 11.6 Å². The maximum absolute atomic E-state index is 11.5. The van der Waals surface area contributed by atoms with Gasteiger partial charge in [0.25, 0.3) is 5.91 Å². The Morgan fingerprint density at radius 2 is 2.13 bits per heavy atom. The van der Waals surface area contributed by atoms with Gasteiger partial charge in [-0.2, -0.15) is 12.6 Å². The first-order chi connectivity index (χ1) is 6.93. The van der Waals surface area contributed by atoms with Crippen molar-refractivity contribution in [2.45, 2.75) is 12.3 Å². The fraction of sp³-hybridized carbons (Fsp3) is 0.222. The van der Waals surface area contributed by atoms with Crippen LogP contribution < -0.4 is 5.32 Å². The number of carbonyl (C=O) groups excluding carboxylic acids is 1. The van der Waals surface area contributed by atoms with Gasteiger partial charge >= 0.3 is 0 Å². The second-order valence-electron chi connectivity index (χ2n) is 2.94. The third-order valence-corrected chi connectivity index (χ3v) is 2.19. The van der Waals surface area contributed by atoms with E-state index in [1.54, 1.807) is 6.92 Å². The Kier molecular flexibility index (Phi) is 3.71. The molecule has 82 valence electrons. The number of benzene rings is 1. The molecule has 0 aliphatic heterocycles. The number of thiol groups is 1. The number of phenols is 2. The number of phenolic OH excluding ortho intramolecular Hbond substituents is 2. The fourth-order valence-corrected chi connectivity index (χ4v) is 1.36. The van der Waals surface area contributed by atoms with Gasteiger partial charge in [0.15, 0.2) is 11.5 Å². The van der Waals surface area contributed by atoms with Crippen molar-refractivity contribution in [1.82, 2.24) is 5.32 Å². The molecule has 0 heterocycles. The zero-order chi connectivity index (χ0) is 11.6. The van der Waals surface area contributed by atoms with Crippen LogP contribution in [0.25, 0.3) is 0 Å². The molecule has 6 heteroatoms. The zero-order valence-electron chi connectivity index (χ0n) is 7.86. The van der Waals surface area contributed by atoms with E-state index in [-0.39, 0.29) is 21.7 Å². The fourth-order valence-electron chi connectivity index (χ4n) is 0.997. The average molecular weight is 248 g/mol. The summed E-state index contributed by atoms with van der Waals surface area (Å²) in [6.45, 7) is 1.68. The Bertz CT molecular complexity index is 395. The molecular formula is C9H10ClNO3S. The van der Waals surface area contributed by atoms with Crippen LogP contribution in [-0.4, -0.2) is 21.5 Å². The first kappa shape index (κ1) is 12.0. The molecule has 0 spiro atoms. The molecule has 1 aromatic rings. The van der Waals surface area contributed by atoms with Crippen molar-refractivity contribution < 1.29 is 15.0 Å². The third-order valence-electron chi connectivity index (χ3n) is 1.68. The summed E-state index contributed by atoms with van der Waals surface area (Å²) in [5, 5.41) is 20.4. The van der Waals surface area contributed by atoms with Crippen LogP contribution in [0.4, 0.5) is 0 Å². The maximum Gasteiger partial charge on any atom is 0.253 e. The molecule has 0 bridgehead atoms. The molecule has 0 radical (unpaired) electrons. The van der Waals surface area contributed by atoms with E-state index in [2.05, 4.69) is 17.9 Å². The number of halogens is 1. The minimum absolute atomic E-state index is 0.0906. The minimum Gasteiger partial charge on any atom is -0.504 e. The summed E-state index contributed by atoms with van der Waals surface area (Å²) in [7, 11) is 0. The molecule has 0 aliphatic rings. The van der Waals surface area contributed by atoms with E-state index in [4.69, 9.17) is 16.7 Å². The largest absolute Gasteiger partial charge is 0.504 e. The second-order valence-corrected chi connectivity index (χ2v) is 4.10. The Morgan fingerprint density at radius 1 is 1.53 bits per heavy atom. The van der Waals surface area contributed by atoms with Crippen LogP contribution in [0.3, 0.4) is 0 Å². The lowest BCUT2D eigenvalue weighted by atomic mass is 10.2. The van der Waals surface area contributed by atoms with Gasteiger partial charge in [0.05, 0.1) is 16.0 Å². The first-order valence-electron chi connectivity index (χ1n) is 4.13. The van der Waals surface area contributed by atoms with Crippen LogP contribution in [-0.2, 0) is 0 Å². The van der Waals surface area contributed by atoms with Gasteiger partial charge in [0.2, 0.25) is 0 Å². The zero-order valence-corrected chi connectivity index (χ0v) is 9.51. The lowest BCUT2D eigenvalue weighted by molar-refractivity contribution is 0.0952. The van der Waals surface area contributed by atoms with E-state index in [9.17, 15) is 9.90 Å². The molecule has 1 atom stereocenters. The Balaban J connectivity index is 3.06. The smallest absolute Gasteiger partial charge is 0.253 e. The van der Waals surface area contributed by atoms with E-state index < -0.39 is 11.7 Å². The summed E-state index contributed by atoms with van der Waals surface area (Å²) < 4.78 is 0. The summed E-state index contributed by atoms with van der Waals surface area (Å²) in [4.78, 5) is 11.5. The molecule has 3 N–H and O–H groups in total. The molecule has 0 saturated heterocycles. The third kappa shape index (κ3) is 2.70. The van der Waals surface area contributed by atoms with Crippen molar-refractivity contribution in [3.05, 3.63) is 22.7 Å². The van der Waals surface area contributed by atoms with Crippen molar-refractivity contribution in [3.8, 4) is 11.5 Å². The number of hydrogen-bond acceptors (Lipinski definition) is 4. The van der Waals surface area contributed by atoms with Crippen molar-refractivity contribution in [3.63, 3.8) is 0 Å². The molecule has 1 unspecified atom stereocenters. The van der Waals surface area contributed by atoms with Crippen molar-refractivity contribution in [1.29, 1.82) is 0 Å². The molecule has 0 fully saturated rings. The number of rotatable bonds is 2. The van der Waals surface area contributed by atoms with Gasteiger partial charge in [-0.25, -0.2) is 0 Å². The average Bonchev–Trinajstić information content (AvgIpc) is 2.13. The normalized spacial score (nSPS) is 12.2. The summed E-state index contributed by atoms with van der Waals surface area (Å²) in [6, 6.07) is 2.52. The van der Waals surface area contributed by atoms with E-state index in [0.717, 1.165) is 0 Å². The summed E-state index contributed by atoms with van der Waals surface area (Å²) in [6.07, 6.45) is 0. The topological polar surface area (TPSA) is 69.6 Å². The highest BCUT2D eigenvalue weighted by Crippen LogP contribution is 2.35. The SMILES string of the molecule is CC(S)NC(=O)c1ccc(O)c(O)c1Cl. The van der Waals surface area contributed by atoms with Crippen molar-refractivity contribution in [2.75, 3.05) is 0 Å². The number of amides is 1. The maximum atomic E-state index is 11.5. The van der Waals surface area contributed by atoms with Crippen LogP contribution in [0.1, 0.15) is 17.3 Å². The van der Waals surface area contributed by atoms with Gasteiger partial charge < -0.3 is 15.5 Å². The predicted octanol–water partition coefficient (Wildman–Crippen LogP) is 1.76. The summed E-state index contributed by atoms with van der Waals surface area (Å²) in [5.41, 5.74) is 0.0906. The van der Waals surface area contributed by atoms with Crippen LogP contribution in [0.5, 0.6) is 11.5 Å². The summed E-state index contributed by atoms with van der Waals surface area (Å²) >= 11 is 9.66. The first-order valence-corrected chi connectivity index (χ1v) is 5.02. The Labute approximate surface area is 97.3 Å². The van der Waals surface area contributed by atoms with Crippen molar-refractivity contribution in [2.24, 2.45) is 0 Å². The van der Waals surface area contributed by atoms with E-state index in [1.165, 1.54) is 12.1 Å². The highest BCUT2D eigenvalue weighted by Gasteiger charge is 2.16. The summed E-state index contributed by atoms with van der Waals surface area (Å²) in [5.74, 6) is -1.33. The van der Waals surface area contributed by atoms with E-state index >= 15 is 0 Å². The Hall–Kier alpha value is -1.07. The van der Waals surface area contributed by atoms with Crippen LogP contribution in [0.2, 0.25) is 5.02 Å². The van der Waals surface area contributed by atoms with Crippen LogP contribution in [0, 0.1) is 0 Å². The van der Waals surface area contributed by atoms with Gasteiger partial charge in [0, 0.05) is 0 Å². The molecule has 1 aromatic carbocycles. The molecule has 0 aliphatic carbocycles. The highest BCUT2D eigenvalue weighted by molar-refractivity contribution is 7.80.